The van der Waals surface area contributed by atoms with Crippen molar-refractivity contribution in [3.8, 4) is 5.75 Å². The number of carbonyl (C=O) groups excluding carboxylic acids is 1. The van der Waals surface area contributed by atoms with Crippen molar-refractivity contribution in [2.24, 2.45) is 0 Å². The lowest BCUT2D eigenvalue weighted by Crippen LogP contribution is -2.47. The maximum atomic E-state index is 13.3. The third kappa shape index (κ3) is 2.73. The van der Waals surface area contributed by atoms with Crippen LogP contribution in [-0.2, 0) is 16.3 Å². The molecule has 1 aliphatic carbocycles. The van der Waals surface area contributed by atoms with Crippen LogP contribution in [0.3, 0.4) is 0 Å². The summed E-state index contributed by atoms with van der Waals surface area (Å²) in [6, 6.07) is 12.2. The predicted octanol–water partition coefficient (Wildman–Crippen LogP) is 2.66. The van der Waals surface area contributed by atoms with Crippen LogP contribution < -0.4 is 10.1 Å². The molecule has 2 aromatic carbocycles. The van der Waals surface area contributed by atoms with E-state index in [2.05, 4.69) is 5.32 Å². The van der Waals surface area contributed by atoms with Gasteiger partial charge in [0, 0.05) is 12.0 Å². The number of aryl methyl sites for hydroxylation is 1. The van der Waals surface area contributed by atoms with Crippen LogP contribution in [-0.4, -0.2) is 32.2 Å². The van der Waals surface area contributed by atoms with E-state index >= 15 is 0 Å². The molecular formula is C20H21NO4S. The zero-order valence-electron chi connectivity index (χ0n) is 14.8. The van der Waals surface area contributed by atoms with Crippen molar-refractivity contribution in [1.82, 2.24) is 5.32 Å². The van der Waals surface area contributed by atoms with Crippen LogP contribution in [0.1, 0.15) is 34.3 Å². The number of ether oxygens (including phenoxy) is 1. The van der Waals surface area contributed by atoms with Gasteiger partial charge in [-0.05, 0) is 61.2 Å². The molecule has 1 spiro atoms. The minimum atomic E-state index is -3.63. The molecule has 1 atom stereocenters. The summed E-state index contributed by atoms with van der Waals surface area (Å²) in [5, 5.41) is 2.34. The van der Waals surface area contributed by atoms with Gasteiger partial charge in [0.2, 0.25) is 0 Å². The quantitative estimate of drug-likeness (QED) is 0.898. The third-order valence-electron chi connectivity index (χ3n) is 5.28. The number of sulfone groups is 1. The fourth-order valence-corrected chi connectivity index (χ4v) is 5.34. The zero-order chi connectivity index (χ0) is 18.5. The summed E-state index contributed by atoms with van der Waals surface area (Å²) in [6.07, 6.45) is 1.56. The van der Waals surface area contributed by atoms with E-state index in [1.165, 1.54) is 0 Å². The highest BCUT2D eigenvalue weighted by molar-refractivity contribution is 7.92. The summed E-state index contributed by atoms with van der Waals surface area (Å²) < 4.78 is 31.8. The molecule has 1 aliphatic heterocycles. The summed E-state index contributed by atoms with van der Waals surface area (Å²) in [5.74, 6) is 0.604. The molecule has 1 heterocycles. The van der Waals surface area contributed by atoms with Gasteiger partial charge in [0.15, 0.2) is 15.6 Å². The van der Waals surface area contributed by atoms with Crippen LogP contribution in [0.25, 0.3) is 0 Å². The first kappa shape index (κ1) is 17.2. The summed E-state index contributed by atoms with van der Waals surface area (Å²) in [5.41, 5.74) is 1.45. The largest absolute Gasteiger partial charge is 0.497 e. The van der Waals surface area contributed by atoms with Crippen LogP contribution >= 0.6 is 0 Å². The maximum absolute atomic E-state index is 13.3. The Kier molecular flexibility index (Phi) is 3.93. The Bertz CT molecular complexity index is 993. The van der Waals surface area contributed by atoms with E-state index < -0.39 is 20.8 Å². The molecule has 26 heavy (non-hydrogen) atoms. The van der Waals surface area contributed by atoms with Crippen molar-refractivity contribution in [1.29, 1.82) is 0 Å². The number of methoxy groups -OCH3 is 1. The van der Waals surface area contributed by atoms with E-state index in [0.29, 0.717) is 29.7 Å². The molecule has 0 radical (unpaired) electrons. The van der Waals surface area contributed by atoms with Crippen LogP contribution in [0.5, 0.6) is 5.75 Å². The van der Waals surface area contributed by atoms with E-state index in [1.807, 2.05) is 13.0 Å². The van der Waals surface area contributed by atoms with Crippen molar-refractivity contribution in [3.63, 3.8) is 0 Å². The molecule has 1 N–H and O–H groups in total. The highest BCUT2D eigenvalue weighted by atomic mass is 32.2. The molecule has 0 bridgehead atoms. The topological polar surface area (TPSA) is 72.5 Å². The first-order valence-electron chi connectivity index (χ1n) is 8.66. The molecule has 6 heteroatoms. The van der Waals surface area contributed by atoms with Gasteiger partial charge in [0.25, 0.3) is 0 Å². The molecule has 4 rings (SSSR count). The molecule has 0 aromatic heterocycles. The summed E-state index contributed by atoms with van der Waals surface area (Å²) in [6.45, 7) is 1.87. The second kappa shape index (κ2) is 5.93. The first-order chi connectivity index (χ1) is 12.4. The summed E-state index contributed by atoms with van der Waals surface area (Å²) in [4.78, 5) is 13.3. The fourth-order valence-electron chi connectivity index (χ4n) is 3.61. The number of carbonyl (C=O) groups is 1. The van der Waals surface area contributed by atoms with Gasteiger partial charge in [-0.2, -0.15) is 0 Å². The number of ketones is 1. The number of benzene rings is 2. The predicted molar refractivity (Wildman–Crippen MR) is 98.3 cm³/mol. The Morgan fingerprint density at radius 3 is 2.58 bits per heavy atom. The van der Waals surface area contributed by atoms with Crippen LogP contribution in [0.4, 0.5) is 0 Å². The molecule has 0 saturated heterocycles. The van der Waals surface area contributed by atoms with Crippen LogP contribution in [0.2, 0.25) is 0 Å². The molecular weight excluding hydrogens is 350 g/mol. The normalized spacial score (nSPS) is 21.2. The number of rotatable bonds is 3. The van der Waals surface area contributed by atoms with Crippen molar-refractivity contribution in [3.05, 3.63) is 59.2 Å². The van der Waals surface area contributed by atoms with Gasteiger partial charge in [-0.3, -0.25) is 10.1 Å². The van der Waals surface area contributed by atoms with Crippen LogP contribution in [0.15, 0.2) is 47.4 Å². The molecule has 1 unspecified atom stereocenters. The lowest BCUT2D eigenvalue weighted by Gasteiger charge is -2.21. The molecule has 2 aliphatic rings. The third-order valence-corrected chi connectivity index (χ3v) is 7.22. The number of nitrogens with one attached hydrogen (secondary N) is 1. The Balaban J connectivity index is 1.81. The Morgan fingerprint density at radius 2 is 1.92 bits per heavy atom. The van der Waals surface area contributed by atoms with Gasteiger partial charge in [-0.1, -0.05) is 12.1 Å². The zero-order valence-corrected chi connectivity index (χ0v) is 15.6. The van der Waals surface area contributed by atoms with Gasteiger partial charge in [-0.15, -0.1) is 0 Å². The van der Waals surface area contributed by atoms with Crippen LogP contribution in [0, 0.1) is 6.92 Å². The van der Waals surface area contributed by atoms with Gasteiger partial charge in [0.05, 0.1) is 17.5 Å². The van der Waals surface area contributed by atoms with E-state index in [1.54, 1.807) is 43.5 Å². The van der Waals surface area contributed by atoms with E-state index in [-0.39, 0.29) is 17.1 Å². The SMILES string of the molecule is COc1ccc2c(c1)CC(S(=O)(=O)c1cccc(C)c1)NC1(CC1)C2=O. The highest BCUT2D eigenvalue weighted by Crippen LogP contribution is 2.43. The van der Waals surface area contributed by atoms with E-state index in [4.69, 9.17) is 4.74 Å². The van der Waals surface area contributed by atoms with Crippen molar-refractivity contribution in [2.45, 2.75) is 42.0 Å². The highest BCUT2D eigenvalue weighted by Gasteiger charge is 2.54. The number of fused-ring (bicyclic) bond motifs is 1. The molecule has 0 amide bonds. The lowest BCUT2D eigenvalue weighted by molar-refractivity contribution is 0.0930. The number of hydrogen-bond acceptors (Lipinski definition) is 5. The smallest absolute Gasteiger partial charge is 0.194 e. The number of Topliss-reactive ketones (excluding diaryl/α,β-unsaturated/α-hetero) is 1. The molecule has 136 valence electrons. The van der Waals surface area contributed by atoms with Crippen molar-refractivity contribution in [2.75, 3.05) is 7.11 Å². The van der Waals surface area contributed by atoms with Gasteiger partial charge in [0.1, 0.15) is 11.1 Å². The monoisotopic (exact) mass is 371 g/mol. The Labute approximate surface area is 153 Å². The van der Waals surface area contributed by atoms with Gasteiger partial charge in [-0.25, -0.2) is 8.42 Å². The second-order valence-electron chi connectivity index (χ2n) is 7.13. The van der Waals surface area contributed by atoms with Gasteiger partial charge >= 0.3 is 0 Å². The minimum absolute atomic E-state index is 0.0166. The van der Waals surface area contributed by atoms with E-state index in [9.17, 15) is 13.2 Å². The van der Waals surface area contributed by atoms with Gasteiger partial charge < -0.3 is 4.74 Å². The first-order valence-corrected chi connectivity index (χ1v) is 10.2. The Hall–Kier alpha value is -2.18. The fraction of sp³-hybridized carbons (Fsp3) is 0.350. The summed E-state index contributed by atoms with van der Waals surface area (Å²) in [7, 11) is -2.07. The van der Waals surface area contributed by atoms with Crippen molar-refractivity contribution >= 4 is 15.6 Å². The molecule has 5 nitrogen and oxygen atoms in total. The molecule has 1 fully saturated rings. The average Bonchev–Trinajstić information content (AvgIpc) is 3.42. The van der Waals surface area contributed by atoms with Crippen molar-refractivity contribution < 1.29 is 17.9 Å². The molecule has 1 saturated carbocycles. The average molecular weight is 371 g/mol. The number of hydrogen-bond donors (Lipinski definition) is 1. The Morgan fingerprint density at radius 1 is 1.15 bits per heavy atom. The van der Waals surface area contributed by atoms with E-state index in [0.717, 1.165) is 5.56 Å². The minimum Gasteiger partial charge on any atom is -0.497 e. The standard InChI is InChI=1S/C20H21NO4S/c1-13-4-3-5-16(10-13)26(23,24)18-12-14-11-15(25-2)6-7-17(14)19(22)20(21-18)8-9-20/h3-7,10-11,18,21H,8-9,12H2,1-2H3. The molecule has 2 aromatic rings. The lowest BCUT2D eigenvalue weighted by atomic mass is 9.98. The summed E-state index contributed by atoms with van der Waals surface area (Å²) >= 11 is 0. The second-order valence-corrected chi connectivity index (χ2v) is 9.26. The maximum Gasteiger partial charge on any atom is 0.194 e.